The molecule has 5 heteroatoms. The summed E-state index contributed by atoms with van der Waals surface area (Å²) in [6, 6.07) is 6.69. The molecule has 0 aliphatic heterocycles. The van der Waals surface area contributed by atoms with Gasteiger partial charge in [-0.05, 0) is 37.6 Å². The van der Waals surface area contributed by atoms with Crippen LogP contribution in [-0.4, -0.2) is 31.1 Å². The molecule has 5 nitrogen and oxygen atoms in total. The molecule has 1 aromatic carbocycles. The Morgan fingerprint density at radius 1 is 1.30 bits per heavy atom. The minimum absolute atomic E-state index is 0.203. The molecule has 0 fully saturated rings. The molecule has 1 rings (SSSR count). The average molecular weight is 276 g/mol. The van der Waals surface area contributed by atoms with E-state index in [4.69, 9.17) is 10.5 Å². The van der Waals surface area contributed by atoms with Crippen molar-refractivity contribution in [1.82, 2.24) is 5.32 Å². The number of hydrogen-bond donors (Lipinski definition) is 2. The number of ether oxygens (including phenoxy) is 1. The van der Waals surface area contributed by atoms with Gasteiger partial charge in [-0.3, -0.25) is 9.59 Å². The van der Waals surface area contributed by atoms with Crippen molar-refractivity contribution >= 4 is 17.9 Å². The van der Waals surface area contributed by atoms with Gasteiger partial charge >= 0.3 is 0 Å². The number of amides is 2. The molecule has 0 heterocycles. The Balaban J connectivity index is 2.63. The van der Waals surface area contributed by atoms with Gasteiger partial charge in [-0.1, -0.05) is 12.1 Å². The van der Waals surface area contributed by atoms with Gasteiger partial charge < -0.3 is 15.8 Å². The lowest BCUT2D eigenvalue weighted by Gasteiger charge is -2.24. The van der Waals surface area contributed by atoms with Crippen molar-refractivity contribution in [1.29, 1.82) is 0 Å². The molecule has 1 aromatic rings. The van der Waals surface area contributed by atoms with Gasteiger partial charge in [0.15, 0.2) is 0 Å². The van der Waals surface area contributed by atoms with Crippen molar-refractivity contribution < 1.29 is 14.3 Å². The van der Waals surface area contributed by atoms with E-state index >= 15 is 0 Å². The molecule has 0 aliphatic carbocycles. The van der Waals surface area contributed by atoms with Crippen LogP contribution in [0.1, 0.15) is 29.8 Å². The maximum absolute atomic E-state index is 11.8. The van der Waals surface area contributed by atoms with E-state index < -0.39 is 11.4 Å². The van der Waals surface area contributed by atoms with Crippen LogP contribution in [0.3, 0.4) is 0 Å². The minimum atomic E-state index is -0.473. The molecule has 0 aliphatic rings. The topological polar surface area (TPSA) is 81.4 Å². The summed E-state index contributed by atoms with van der Waals surface area (Å²) in [6.45, 7) is 4.19. The van der Waals surface area contributed by atoms with Crippen LogP contribution in [-0.2, 0) is 9.53 Å². The van der Waals surface area contributed by atoms with E-state index in [-0.39, 0.29) is 5.91 Å². The predicted molar refractivity (Wildman–Crippen MR) is 78.1 cm³/mol. The second-order valence-electron chi connectivity index (χ2n) is 5.13. The number of primary amides is 1. The van der Waals surface area contributed by atoms with Crippen molar-refractivity contribution in [2.75, 3.05) is 13.7 Å². The first-order valence-electron chi connectivity index (χ1n) is 6.23. The molecular formula is C15H20N2O3. The SMILES string of the molecule is COCC(C)(C)NC(=O)C=Cc1ccc(C(N)=O)cc1. The van der Waals surface area contributed by atoms with Crippen molar-refractivity contribution in [2.45, 2.75) is 19.4 Å². The summed E-state index contributed by atoms with van der Waals surface area (Å²) in [4.78, 5) is 22.7. The molecule has 0 unspecified atom stereocenters. The third-order valence-electron chi connectivity index (χ3n) is 2.59. The maximum atomic E-state index is 11.8. The molecular weight excluding hydrogens is 256 g/mol. The number of hydrogen-bond acceptors (Lipinski definition) is 3. The highest BCUT2D eigenvalue weighted by Gasteiger charge is 2.18. The van der Waals surface area contributed by atoms with Crippen LogP contribution in [0, 0.1) is 0 Å². The Morgan fingerprint density at radius 2 is 1.90 bits per heavy atom. The van der Waals surface area contributed by atoms with E-state index in [0.29, 0.717) is 12.2 Å². The van der Waals surface area contributed by atoms with E-state index in [1.165, 1.54) is 6.08 Å². The van der Waals surface area contributed by atoms with E-state index in [9.17, 15) is 9.59 Å². The highest BCUT2D eigenvalue weighted by atomic mass is 16.5. The zero-order chi connectivity index (χ0) is 15.2. The number of carbonyl (C=O) groups excluding carboxylic acids is 2. The van der Waals surface area contributed by atoms with Crippen LogP contribution in [0.5, 0.6) is 0 Å². The van der Waals surface area contributed by atoms with E-state index in [1.54, 1.807) is 37.5 Å². The summed E-state index contributed by atoms with van der Waals surface area (Å²) in [5, 5.41) is 2.83. The molecule has 0 radical (unpaired) electrons. The lowest BCUT2D eigenvalue weighted by Crippen LogP contribution is -2.46. The van der Waals surface area contributed by atoms with E-state index in [1.807, 2.05) is 13.8 Å². The van der Waals surface area contributed by atoms with Gasteiger partial charge in [0.05, 0.1) is 12.1 Å². The molecule has 0 atom stereocenters. The van der Waals surface area contributed by atoms with Gasteiger partial charge in [-0.25, -0.2) is 0 Å². The van der Waals surface area contributed by atoms with Gasteiger partial charge in [0, 0.05) is 18.7 Å². The minimum Gasteiger partial charge on any atom is -0.382 e. The third kappa shape index (κ3) is 5.24. The molecule has 108 valence electrons. The monoisotopic (exact) mass is 276 g/mol. The fourth-order valence-electron chi connectivity index (χ4n) is 1.70. The first-order chi connectivity index (χ1) is 9.34. The lowest BCUT2D eigenvalue weighted by atomic mass is 10.1. The Bertz CT molecular complexity index is 504. The molecule has 3 N–H and O–H groups in total. The van der Waals surface area contributed by atoms with Gasteiger partial charge in [0.25, 0.3) is 0 Å². The van der Waals surface area contributed by atoms with Gasteiger partial charge in [-0.2, -0.15) is 0 Å². The summed E-state index contributed by atoms with van der Waals surface area (Å²) in [5.41, 5.74) is 5.98. The molecule has 0 saturated carbocycles. The van der Waals surface area contributed by atoms with Crippen LogP contribution in [0.25, 0.3) is 6.08 Å². The summed E-state index contributed by atoms with van der Waals surface area (Å²) < 4.78 is 5.02. The number of benzene rings is 1. The Labute approximate surface area is 118 Å². The average Bonchev–Trinajstić information content (AvgIpc) is 2.36. The Morgan fingerprint density at radius 3 is 2.40 bits per heavy atom. The second-order valence-corrected chi connectivity index (χ2v) is 5.13. The summed E-state index contributed by atoms with van der Waals surface area (Å²) in [5.74, 6) is -0.675. The molecule has 0 saturated heterocycles. The van der Waals surface area contributed by atoms with Gasteiger partial charge in [0.1, 0.15) is 0 Å². The zero-order valence-corrected chi connectivity index (χ0v) is 12.0. The predicted octanol–water partition coefficient (Wildman–Crippen LogP) is 1.34. The quantitative estimate of drug-likeness (QED) is 0.769. The van der Waals surface area contributed by atoms with Gasteiger partial charge in [0.2, 0.25) is 11.8 Å². The van der Waals surface area contributed by atoms with Crippen molar-refractivity contribution in [3.63, 3.8) is 0 Å². The second kappa shape index (κ2) is 6.86. The molecule has 2 amide bonds. The Kier molecular flexibility index (Phi) is 5.46. The van der Waals surface area contributed by atoms with Crippen LogP contribution in [0.15, 0.2) is 30.3 Å². The maximum Gasteiger partial charge on any atom is 0.248 e. The standard InChI is InChI=1S/C15H20N2O3/c1-15(2,10-20-3)17-13(18)9-6-11-4-7-12(8-5-11)14(16)19/h4-9H,10H2,1-3H3,(H2,16,19)(H,17,18). The summed E-state index contributed by atoms with van der Waals surface area (Å²) in [6.07, 6.45) is 3.11. The highest BCUT2D eigenvalue weighted by molar-refractivity contribution is 5.94. The fraction of sp³-hybridized carbons (Fsp3) is 0.333. The number of rotatable bonds is 6. The molecule has 0 aromatic heterocycles. The molecule has 20 heavy (non-hydrogen) atoms. The van der Waals surface area contributed by atoms with Crippen LogP contribution >= 0.6 is 0 Å². The van der Waals surface area contributed by atoms with Crippen molar-refractivity contribution in [3.8, 4) is 0 Å². The lowest BCUT2D eigenvalue weighted by molar-refractivity contribution is -0.118. The Hall–Kier alpha value is -2.14. The van der Waals surface area contributed by atoms with Crippen molar-refractivity contribution in [2.24, 2.45) is 5.73 Å². The number of nitrogens with one attached hydrogen (secondary N) is 1. The number of nitrogens with two attached hydrogens (primary N) is 1. The summed E-state index contributed by atoms with van der Waals surface area (Å²) in [7, 11) is 1.59. The first-order valence-corrected chi connectivity index (χ1v) is 6.23. The molecule has 0 spiro atoms. The highest BCUT2D eigenvalue weighted by Crippen LogP contribution is 2.06. The van der Waals surface area contributed by atoms with E-state index in [2.05, 4.69) is 5.32 Å². The van der Waals surface area contributed by atoms with Crippen LogP contribution < -0.4 is 11.1 Å². The number of methoxy groups -OCH3 is 1. The third-order valence-corrected chi connectivity index (χ3v) is 2.59. The van der Waals surface area contributed by atoms with Crippen molar-refractivity contribution in [3.05, 3.63) is 41.5 Å². The number of carbonyl (C=O) groups is 2. The first kappa shape index (κ1) is 15.9. The van der Waals surface area contributed by atoms with Crippen LogP contribution in [0.2, 0.25) is 0 Å². The normalized spacial score (nSPS) is 11.6. The van der Waals surface area contributed by atoms with Gasteiger partial charge in [-0.15, -0.1) is 0 Å². The van der Waals surface area contributed by atoms with Crippen LogP contribution in [0.4, 0.5) is 0 Å². The zero-order valence-electron chi connectivity index (χ0n) is 12.0. The molecule has 0 bridgehead atoms. The fourth-order valence-corrected chi connectivity index (χ4v) is 1.70. The summed E-state index contributed by atoms with van der Waals surface area (Å²) >= 11 is 0. The smallest absolute Gasteiger partial charge is 0.248 e. The largest absolute Gasteiger partial charge is 0.382 e. The van der Waals surface area contributed by atoms with E-state index in [0.717, 1.165) is 5.56 Å².